The first-order valence-electron chi connectivity index (χ1n) is 10.0. The minimum absolute atomic E-state index is 0.686. The van der Waals surface area contributed by atoms with Gasteiger partial charge in [-0.3, -0.25) is 0 Å². The molecule has 0 aliphatic rings. The van der Waals surface area contributed by atoms with Gasteiger partial charge in [0.1, 0.15) is 0 Å². The van der Waals surface area contributed by atoms with Crippen molar-refractivity contribution in [2.45, 2.75) is 45.8 Å². The van der Waals surface area contributed by atoms with Gasteiger partial charge in [-0.15, -0.1) is 0 Å². The SMILES string of the molecule is Cc1cccc2cccc(-n3ccc4cc([B]OC(C)(C)C(C)(C)O)ccc43)c12. The molecule has 1 N–H and O–H groups in total. The van der Waals surface area contributed by atoms with Crippen molar-refractivity contribution in [1.82, 2.24) is 4.57 Å². The standard InChI is InChI=1S/C25H27BNO2/c1-17-8-6-9-18-10-7-11-22(23(17)18)27-15-14-19-16-20(12-13-21(19)27)26-29-25(4,5)24(2,3)28/h6-16,28H,1-5H3. The summed E-state index contributed by atoms with van der Waals surface area (Å²) in [6, 6.07) is 21.3. The number of nitrogens with zero attached hydrogens (tertiary/aromatic N) is 1. The summed E-state index contributed by atoms with van der Waals surface area (Å²) in [4.78, 5) is 0. The molecule has 3 nitrogen and oxygen atoms in total. The third kappa shape index (κ3) is 3.59. The van der Waals surface area contributed by atoms with Crippen LogP contribution in [-0.2, 0) is 4.65 Å². The summed E-state index contributed by atoms with van der Waals surface area (Å²) in [5, 5.41) is 14.0. The van der Waals surface area contributed by atoms with E-state index in [4.69, 9.17) is 4.65 Å². The number of hydrogen-bond acceptors (Lipinski definition) is 2. The molecule has 0 aliphatic heterocycles. The van der Waals surface area contributed by atoms with Crippen LogP contribution in [0.1, 0.15) is 33.3 Å². The zero-order valence-electron chi connectivity index (χ0n) is 17.7. The zero-order valence-corrected chi connectivity index (χ0v) is 17.7. The summed E-state index contributed by atoms with van der Waals surface area (Å²) < 4.78 is 8.16. The average Bonchev–Trinajstić information content (AvgIpc) is 3.08. The summed E-state index contributed by atoms with van der Waals surface area (Å²) in [7, 11) is 1.73. The van der Waals surface area contributed by atoms with Crippen molar-refractivity contribution < 1.29 is 9.76 Å². The zero-order chi connectivity index (χ0) is 20.8. The van der Waals surface area contributed by atoms with Crippen molar-refractivity contribution in [2.24, 2.45) is 0 Å². The number of aromatic nitrogens is 1. The van der Waals surface area contributed by atoms with Crippen LogP contribution >= 0.6 is 0 Å². The molecule has 1 aromatic heterocycles. The maximum atomic E-state index is 10.3. The second-order valence-electron chi connectivity index (χ2n) is 8.76. The predicted molar refractivity (Wildman–Crippen MR) is 122 cm³/mol. The Morgan fingerprint density at radius 3 is 2.34 bits per heavy atom. The van der Waals surface area contributed by atoms with E-state index in [0.29, 0.717) is 0 Å². The molecule has 0 unspecified atom stereocenters. The Hall–Kier alpha value is -2.56. The Morgan fingerprint density at radius 1 is 0.897 bits per heavy atom. The summed E-state index contributed by atoms with van der Waals surface area (Å²) in [6.45, 7) is 9.46. The minimum atomic E-state index is -0.941. The Bertz CT molecular complexity index is 1180. The highest BCUT2D eigenvalue weighted by Gasteiger charge is 2.35. The number of aryl methyl sites for hydroxylation is 1. The second kappa shape index (κ2) is 7.05. The fourth-order valence-corrected chi connectivity index (χ4v) is 3.51. The van der Waals surface area contributed by atoms with E-state index in [-0.39, 0.29) is 0 Å². The van der Waals surface area contributed by atoms with Crippen LogP contribution in [0.2, 0.25) is 0 Å². The molecule has 1 radical (unpaired) electrons. The van der Waals surface area contributed by atoms with Crippen LogP contribution in [0.4, 0.5) is 0 Å². The van der Waals surface area contributed by atoms with Crippen molar-refractivity contribution in [3.05, 3.63) is 72.4 Å². The smallest absolute Gasteiger partial charge is 0.330 e. The van der Waals surface area contributed by atoms with E-state index in [1.165, 1.54) is 22.0 Å². The first-order valence-corrected chi connectivity index (χ1v) is 10.0. The van der Waals surface area contributed by atoms with E-state index in [1.807, 2.05) is 13.8 Å². The third-order valence-electron chi connectivity index (χ3n) is 6.03. The van der Waals surface area contributed by atoms with Crippen LogP contribution in [0.5, 0.6) is 0 Å². The molecule has 3 aromatic carbocycles. The number of aliphatic hydroxyl groups is 1. The molecular weight excluding hydrogens is 357 g/mol. The Balaban J connectivity index is 1.70. The van der Waals surface area contributed by atoms with Crippen LogP contribution in [0.3, 0.4) is 0 Å². The van der Waals surface area contributed by atoms with Gasteiger partial charge < -0.3 is 14.3 Å². The van der Waals surface area contributed by atoms with Crippen molar-refractivity contribution in [1.29, 1.82) is 0 Å². The number of rotatable bonds is 5. The van der Waals surface area contributed by atoms with Gasteiger partial charge in [0.05, 0.1) is 22.4 Å². The van der Waals surface area contributed by atoms with Gasteiger partial charge in [-0.2, -0.15) is 0 Å². The molecule has 0 spiro atoms. The van der Waals surface area contributed by atoms with Crippen molar-refractivity contribution in [2.75, 3.05) is 0 Å². The predicted octanol–water partition coefficient (Wildman–Crippen LogP) is 4.90. The molecule has 0 fully saturated rings. The molecule has 0 amide bonds. The van der Waals surface area contributed by atoms with E-state index >= 15 is 0 Å². The minimum Gasteiger partial charge on any atom is -0.427 e. The molecule has 4 rings (SSSR count). The first kappa shape index (κ1) is 19.7. The van der Waals surface area contributed by atoms with Crippen molar-refractivity contribution in [3.63, 3.8) is 0 Å². The Kier molecular flexibility index (Phi) is 4.80. The van der Waals surface area contributed by atoms with Gasteiger partial charge in [0.25, 0.3) is 0 Å². The maximum Gasteiger partial charge on any atom is 0.330 e. The van der Waals surface area contributed by atoms with Gasteiger partial charge in [0.2, 0.25) is 0 Å². The fraction of sp³-hybridized carbons (Fsp3) is 0.280. The largest absolute Gasteiger partial charge is 0.427 e. The average molecular weight is 384 g/mol. The molecule has 4 heteroatoms. The van der Waals surface area contributed by atoms with Gasteiger partial charge in [0, 0.05) is 11.6 Å². The van der Waals surface area contributed by atoms with Crippen LogP contribution in [0.25, 0.3) is 27.4 Å². The fourth-order valence-electron chi connectivity index (χ4n) is 3.51. The highest BCUT2D eigenvalue weighted by molar-refractivity contribution is 6.47. The summed E-state index contributed by atoms with van der Waals surface area (Å²) in [5.41, 5.74) is 2.96. The van der Waals surface area contributed by atoms with E-state index in [9.17, 15) is 5.11 Å². The number of benzene rings is 3. The molecule has 0 bridgehead atoms. The van der Waals surface area contributed by atoms with Crippen molar-refractivity contribution in [3.8, 4) is 5.69 Å². The van der Waals surface area contributed by atoms with Gasteiger partial charge in [-0.05, 0) is 69.2 Å². The van der Waals surface area contributed by atoms with E-state index in [1.54, 1.807) is 21.3 Å². The molecule has 0 saturated carbocycles. The lowest BCUT2D eigenvalue weighted by Gasteiger charge is -2.37. The Labute approximate surface area is 173 Å². The topological polar surface area (TPSA) is 34.4 Å². The van der Waals surface area contributed by atoms with Crippen LogP contribution < -0.4 is 5.46 Å². The summed E-state index contributed by atoms with van der Waals surface area (Å²) in [5.74, 6) is 0. The molecule has 0 aliphatic carbocycles. The van der Waals surface area contributed by atoms with Gasteiger partial charge >= 0.3 is 7.48 Å². The molecular formula is C25H27BNO2. The van der Waals surface area contributed by atoms with E-state index < -0.39 is 11.2 Å². The van der Waals surface area contributed by atoms with Crippen molar-refractivity contribution >= 4 is 34.6 Å². The monoisotopic (exact) mass is 384 g/mol. The first-order chi connectivity index (χ1) is 13.7. The van der Waals surface area contributed by atoms with Gasteiger partial charge in [0.15, 0.2) is 0 Å². The highest BCUT2D eigenvalue weighted by atomic mass is 16.5. The third-order valence-corrected chi connectivity index (χ3v) is 6.03. The molecule has 147 valence electrons. The van der Waals surface area contributed by atoms with E-state index in [2.05, 4.69) is 78.4 Å². The lowest BCUT2D eigenvalue weighted by Crippen LogP contribution is -2.49. The maximum absolute atomic E-state index is 10.3. The van der Waals surface area contributed by atoms with Gasteiger partial charge in [-0.1, -0.05) is 47.9 Å². The quantitative estimate of drug-likeness (QED) is 0.497. The van der Waals surface area contributed by atoms with Gasteiger partial charge in [-0.25, -0.2) is 0 Å². The lowest BCUT2D eigenvalue weighted by molar-refractivity contribution is -0.0893. The van der Waals surface area contributed by atoms with Crippen LogP contribution in [0.15, 0.2) is 66.9 Å². The second-order valence-corrected chi connectivity index (χ2v) is 8.76. The molecule has 0 saturated heterocycles. The van der Waals surface area contributed by atoms with E-state index in [0.717, 1.165) is 16.4 Å². The lowest BCUT2D eigenvalue weighted by atomic mass is 9.82. The Morgan fingerprint density at radius 2 is 1.62 bits per heavy atom. The molecule has 29 heavy (non-hydrogen) atoms. The summed E-state index contributed by atoms with van der Waals surface area (Å²) in [6.07, 6.45) is 2.12. The molecule has 1 heterocycles. The molecule has 4 aromatic rings. The highest BCUT2D eigenvalue weighted by Crippen LogP contribution is 2.29. The normalized spacial score (nSPS) is 12.6. The molecule has 0 atom stereocenters. The summed E-state index contributed by atoms with van der Waals surface area (Å²) >= 11 is 0. The number of fused-ring (bicyclic) bond motifs is 2. The number of hydrogen-bond donors (Lipinski definition) is 1. The van der Waals surface area contributed by atoms with Crippen LogP contribution in [0, 0.1) is 6.92 Å². The van der Waals surface area contributed by atoms with Crippen LogP contribution in [-0.4, -0.2) is 28.4 Å².